The molecule has 1 N–H and O–H groups in total. The van der Waals surface area contributed by atoms with Gasteiger partial charge in [-0.3, -0.25) is 4.90 Å². The lowest BCUT2D eigenvalue weighted by Crippen LogP contribution is -2.51. The van der Waals surface area contributed by atoms with Crippen molar-refractivity contribution >= 4 is 0 Å². The van der Waals surface area contributed by atoms with Crippen molar-refractivity contribution in [1.29, 1.82) is 0 Å². The van der Waals surface area contributed by atoms with E-state index in [4.69, 9.17) is 4.74 Å². The average Bonchev–Trinajstić information content (AvgIpc) is 2.43. The van der Waals surface area contributed by atoms with Crippen LogP contribution in [-0.2, 0) is 0 Å². The summed E-state index contributed by atoms with van der Waals surface area (Å²) in [6.45, 7) is 8.12. The summed E-state index contributed by atoms with van der Waals surface area (Å²) in [5.74, 6) is 0.863. The molecule has 2 heterocycles. The van der Waals surface area contributed by atoms with Crippen LogP contribution in [0.15, 0.2) is 12.1 Å². The van der Waals surface area contributed by atoms with E-state index in [1.165, 1.54) is 30.4 Å². The van der Waals surface area contributed by atoms with Gasteiger partial charge in [-0.1, -0.05) is 6.42 Å². The van der Waals surface area contributed by atoms with Gasteiger partial charge in [0.1, 0.15) is 18.5 Å². The third-order valence-electron chi connectivity index (χ3n) is 5.00. The number of aliphatic hydroxyl groups is 1. The molecule has 3 unspecified atom stereocenters. The van der Waals surface area contributed by atoms with Gasteiger partial charge in [0.05, 0.1) is 6.04 Å². The third-order valence-corrected chi connectivity index (χ3v) is 5.00. The number of nitrogens with zero attached hydrogens (tertiary/aromatic N) is 1. The molecule has 0 spiro atoms. The molecule has 3 atom stereocenters. The Bertz CT molecular complexity index is 500. The molecule has 1 aromatic rings. The molecule has 0 amide bonds. The molecule has 0 aliphatic carbocycles. The zero-order chi connectivity index (χ0) is 14.3. The van der Waals surface area contributed by atoms with E-state index in [1.807, 2.05) is 0 Å². The molecule has 1 aromatic carbocycles. The Balaban J connectivity index is 1.88. The number of rotatable bonds is 1. The Labute approximate surface area is 121 Å². The molecule has 0 saturated carbocycles. The Kier molecular flexibility index (Phi) is 3.74. The summed E-state index contributed by atoms with van der Waals surface area (Å²) in [7, 11) is 0. The van der Waals surface area contributed by atoms with Crippen LogP contribution >= 0.6 is 0 Å². The molecule has 110 valence electrons. The molecule has 0 bridgehead atoms. The largest absolute Gasteiger partial charge is 0.491 e. The number of fused-ring (bicyclic) bond motifs is 1. The van der Waals surface area contributed by atoms with Crippen LogP contribution in [0.3, 0.4) is 0 Å². The quantitative estimate of drug-likeness (QED) is 0.855. The fraction of sp³-hybridized carbons (Fsp3) is 0.647. The van der Waals surface area contributed by atoms with Crippen LogP contribution in [-0.4, -0.2) is 35.2 Å². The maximum absolute atomic E-state index is 10.8. The van der Waals surface area contributed by atoms with Crippen LogP contribution in [0.5, 0.6) is 5.75 Å². The Morgan fingerprint density at radius 1 is 1.20 bits per heavy atom. The van der Waals surface area contributed by atoms with E-state index in [1.54, 1.807) is 0 Å². The number of hydrogen-bond donors (Lipinski definition) is 1. The molecule has 3 rings (SSSR count). The van der Waals surface area contributed by atoms with Crippen molar-refractivity contribution < 1.29 is 9.84 Å². The highest BCUT2D eigenvalue weighted by Crippen LogP contribution is 2.37. The van der Waals surface area contributed by atoms with Crippen molar-refractivity contribution in [3.05, 3.63) is 28.8 Å². The standard InChI is InChI=1S/C17H25NO2/c1-11-8-14-16(9-12(11)2)20-10-15(17(14)19)18-7-5-4-6-13(18)3/h8-9,13,15,17,19H,4-7,10H2,1-3H3. The third kappa shape index (κ3) is 2.33. The first-order chi connectivity index (χ1) is 9.58. The number of benzene rings is 1. The fourth-order valence-electron chi connectivity index (χ4n) is 3.53. The predicted molar refractivity (Wildman–Crippen MR) is 80.2 cm³/mol. The van der Waals surface area contributed by atoms with E-state index in [-0.39, 0.29) is 6.04 Å². The smallest absolute Gasteiger partial charge is 0.125 e. The number of aliphatic hydroxyl groups excluding tert-OH is 1. The monoisotopic (exact) mass is 275 g/mol. The molecule has 2 aliphatic heterocycles. The first-order valence-electron chi connectivity index (χ1n) is 7.75. The van der Waals surface area contributed by atoms with E-state index >= 15 is 0 Å². The Hall–Kier alpha value is -1.06. The van der Waals surface area contributed by atoms with Crippen molar-refractivity contribution in [2.24, 2.45) is 0 Å². The summed E-state index contributed by atoms with van der Waals surface area (Å²) in [6, 6.07) is 4.79. The van der Waals surface area contributed by atoms with Gasteiger partial charge in [0.2, 0.25) is 0 Å². The van der Waals surface area contributed by atoms with Crippen molar-refractivity contribution in [2.75, 3.05) is 13.2 Å². The number of piperidine rings is 1. The van der Waals surface area contributed by atoms with E-state index in [0.717, 1.165) is 17.9 Å². The maximum Gasteiger partial charge on any atom is 0.125 e. The second kappa shape index (κ2) is 5.38. The minimum Gasteiger partial charge on any atom is -0.491 e. The SMILES string of the molecule is Cc1cc2c(cc1C)C(O)C(N1CCCCC1C)CO2. The van der Waals surface area contributed by atoms with Gasteiger partial charge in [-0.2, -0.15) is 0 Å². The number of likely N-dealkylation sites (tertiary alicyclic amines) is 1. The zero-order valence-corrected chi connectivity index (χ0v) is 12.7. The topological polar surface area (TPSA) is 32.7 Å². The predicted octanol–water partition coefficient (Wildman–Crippen LogP) is 2.97. The van der Waals surface area contributed by atoms with Gasteiger partial charge in [-0.05, 0) is 63.4 Å². The minimum atomic E-state index is -0.432. The van der Waals surface area contributed by atoms with Crippen molar-refractivity contribution in [3.8, 4) is 5.75 Å². The molecule has 20 heavy (non-hydrogen) atoms. The molecular weight excluding hydrogens is 250 g/mol. The second-order valence-electron chi connectivity index (χ2n) is 6.38. The van der Waals surface area contributed by atoms with Crippen LogP contribution in [0.2, 0.25) is 0 Å². The number of aryl methyl sites for hydroxylation is 2. The van der Waals surface area contributed by atoms with E-state index < -0.39 is 6.10 Å². The van der Waals surface area contributed by atoms with Crippen LogP contribution < -0.4 is 4.74 Å². The number of hydrogen-bond acceptors (Lipinski definition) is 3. The normalized spacial score (nSPS) is 30.7. The van der Waals surface area contributed by atoms with E-state index in [2.05, 4.69) is 37.8 Å². The van der Waals surface area contributed by atoms with Crippen molar-refractivity contribution in [3.63, 3.8) is 0 Å². The van der Waals surface area contributed by atoms with Gasteiger partial charge in [-0.25, -0.2) is 0 Å². The molecule has 0 aromatic heterocycles. The summed E-state index contributed by atoms with van der Waals surface area (Å²) in [5.41, 5.74) is 3.40. The molecule has 3 nitrogen and oxygen atoms in total. The molecular formula is C17H25NO2. The summed E-state index contributed by atoms with van der Waals surface area (Å²) in [6.07, 6.45) is 3.32. The molecule has 2 aliphatic rings. The molecule has 1 fully saturated rings. The fourth-order valence-corrected chi connectivity index (χ4v) is 3.53. The van der Waals surface area contributed by atoms with Gasteiger partial charge < -0.3 is 9.84 Å². The minimum absolute atomic E-state index is 0.0971. The summed E-state index contributed by atoms with van der Waals surface area (Å²) >= 11 is 0. The molecule has 0 radical (unpaired) electrons. The maximum atomic E-state index is 10.8. The van der Waals surface area contributed by atoms with Crippen LogP contribution in [0.25, 0.3) is 0 Å². The van der Waals surface area contributed by atoms with Crippen LogP contribution in [0.1, 0.15) is 49.0 Å². The van der Waals surface area contributed by atoms with E-state index in [9.17, 15) is 5.11 Å². The van der Waals surface area contributed by atoms with Gasteiger partial charge in [0, 0.05) is 11.6 Å². The van der Waals surface area contributed by atoms with Gasteiger partial charge in [-0.15, -0.1) is 0 Å². The lowest BCUT2D eigenvalue weighted by atomic mass is 9.92. The van der Waals surface area contributed by atoms with E-state index in [0.29, 0.717) is 12.6 Å². The molecule has 3 heteroatoms. The first-order valence-corrected chi connectivity index (χ1v) is 7.75. The van der Waals surface area contributed by atoms with Gasteiger partial charge >= 0.3 is 0 Å². The summed E-state index contributed by atoms with van der Waals surface area (Å²) in [5, 5.41) is 10.8. The highest BCUT2D eigenvalue weighted by atomic mass is 16.5. The zero-order valence-electron chi connectivity index (χ0n) is 12.7. The lowest BCUT2D eigenvalue weighted by Gasteiger charge is -2.43. The van der Waals surface area contributed by atoms with Crippen molar-refractivity contribution in [1.82, 2.24) is 4.90 Å². The van der Waals surface area contributed by atoms with Gasteiger partial charge in [0.15, 0.2) is 0 Å². The lowest BCUT2D eigenvalue weighted by molar-refractivity contribution is -0.0246. The van der Waals surface area contributed by atoms with Crippen LogP contribution in [0, 0.1) is 13.8 Å². The Morgan fingerprint density at radius 3 is 2.70 bits per heavy atom. The second-order valence-corrected chi connectivity index (χ2v) is 6.38. The average molecular weight is 275 g/mol. The van der Waals surface area contributed by atoms with Crippen LogP contribution in [0.4, 0.5) is 0 Å². The number of ether oxygens (including phenoxy) is 1. The summed E-state index contributed by atoms with van der Waals surface area (Å²) < 4.78 is 5.94. The Morgan fingerprint density at radius 2 is 1.95 bits per heavy atom. The highest BCUT2D eigenvalue weighted by Gasteiger charge is 2.36. The van der Waals surface area contributed by atoms with Gasteiger partial charge in [0.25, 0.3) is 0 Å². The highest BCUT2D eigenvalue weighted by molar-refractivity contribution is 5.44. The van der Waals surface area contributed by atoms with Crippen molar-refractivity contribution in [2.45, 2.75) is 58.2 Å². The molecule has 1 saturated heterocycles. The first kappa shape index (κ1) is 13.9. The summed E-state index contributed by atoms with van der Waals surface area (Å²) in [4.78, 5) is 2.44.